The molecular weight excluding hydrogens is 375 g/mol. The van der Waals surface area contributed by atoms with Crippen LogP contribution in [0.25, 0.3) is 0 Å². The summed E-state index contributed by atoms with van der Waals surface area (Å²) in [6, 6.07) is 3.78. The Morgan fingerprint density at radius 1 is 1.22 bits per heavy atom. The van der Waals surface area contributed by atoms with Crippen LogP contribution in [0.15, 0.2) is 24.5 Å². The third-order valence-electron chi connectivity index (χ3n) is 4.00. The number of nitrogens with zero attached hydrogens (tertiary/aromatic N) is 2. The lowest BCUT2D eigenvalue weighted by Gasteiger charge is -2.24. The maximum absolute atomic E-state index is 14.3. The lowest BCUT2D eigenvalue weighted by atomic mass is 10.1. The van der Waals surface area contributed by atoms with Crippen molar-refractivity contribution >= 4 is 15.7 Å². The van der Waals surface area contributed by atoms with E-state index in [1.54, 1.807) is 6.92 Å². The van der Waals surface area contributed by atoms with Gasteiger partial charge in [-0.05, 0) is 45.0 Å². The monoisotopic (exact) mass is 396 g/mol. The number of rotatable bonds is 6. The van der Waals surface area contributed by atoms with Crippen molar-refractivity contribution in [2.75, 3.05) is 24.1 Å². The van der Waals surface area contributed by atoms with Gasteiger partial charge in [-0.25, -0.2) is 22.8 Å². The number of hydrogen-bond acceptors (Lipinski definition) is 7. The zero-order valence-corrected chi connectivity index (χ0v) is 15.8. The van der Waals surface area contributed by atoms with Crippen molar-refractivity contribution in [3.63, 3.8) is 0 Å². The predicted molar refractivity (Wildman–Crippen MR) is 98.2 cm³/mol. The van der Waals surface area contributed by atoms with Crippen LogP contribution in [-0.2, 0) is 10.0 Å². The predicted octanol–water partition coefficient (Wildman–Crippen LogP) is 2.22. The van der Waals surface area contributed by atoms with Crippen molar-refractivity contribution in [2.24, 2.45) is 0 Å². The molecule has 0 radical (unpaired) electrons. The number of hydrogen-bond donors (Lipinski definition) is 2. The number of benzene rings is 1. The number of ether oxygens (including phenoxy) is 2. The van der Waals surface area contributed by atoms with Gasteiger partial charge in [-0.1, -0.05) is 0 Å². The largest absolute Gasteiger partial charge is 0.474 e. The van der Waals surface area contributed by atoms with Crippen LogP contribution in [-0.4, -0.2) is 43.8 Å². The van der Waals surface area contributed by atoms with Crippen LogP contribution in [0.1, 0.15) is 18.4 Å². The highest BCUT2D eigenvalue weighted by molar-refractivity contribution is 7.92. The quantitative estimate of drug-likeness (QED) is 0.772. The van der Waals surface area contributed by atoms with Crippen molar-refractivity contribution in [1.29, 1.82) is 0 Å². The fourth-order valence-corrected chi connectivity index (χ4v) is 3.23. The molecule has 10 heteroatoms. The number of sulfonamides is 1. The summed E-state index contributed by atoms with van der Waals surface area (Å²) in [5, 5.41) is 3.26. The second kappa shape index (κ2) is 8.05. The molecule has 0 aliphatic carbocycles. The smallest absolute Gasteiger partial charge is 0.229 e. The molecule has 3 rings (SSSR count). The molecule has 1 aromatic heterocycles. The van der Waals surface area contributed by atoms with Gasteiger partial charge in [-0.15, -0.1) is 0 Å². The van der Waals surface area contributed by atoms with Crippen LogP contribution in [0.4, 0.5) is 10.1 Å². The number of piperidine rings is 1. The Bertz CT molecular complexity index is 917. The van der Waals surface area contributed by atoms with E-state index in [2.05, 4.69) is 20.0 Å². The number of halogens is 1. The minimum atomic E-state index is -3.49. The molecule has 0 spiro atoms. The molecule has 2 N–H and O–H groups in total. The molecular formula is C17H21FN4O4S. The van der Waals surface area contributed by atoms with E-state index in [0.717, 1.165) is 38.3 Å². The SMILES string of the molecule is Cc1c(Oc2ccc(NS(C)(=O)=O)cc2F)ncnc1OC1CCNCC1. The molecule has 0 unspecified atom stereocenters. The second-order valence-corrected chi connectivity index (χ2v) is 8.05. The fourth-order valence-electron chi connectivity index (χ4n) is 2.68. The van der Waals surface area contributed by atoms with E-state index < -0.39 is 15.8 Å². The molecule has 1 fully saturated rings. The molecule has 0 saturated carbocycles. The van der Waals surface area contributed by atoms with E-state index in [9.17, 15) is 12.8 Å². The van der Waals surface area contributed by atoms with Gasteiger partial charge < -0.3 is 14.8 Å². The third kappa shape index (κ3) is 5.27. The zero-order chi connectivity index (χ0) is 19.4. The molecule has 2 aromatic rings. The highest BCUT2D eigenvalue weighted by atomic mass is 32.2. The van der Waals surface area contributed by atoms with Gasteiger partial charge in [0.15, 0.2) is 11.6 Å². The van der Waals surface area contributed by atoms with Crippen LogP contribution in [0.3, 0.4) is 0 Å². The molecule has 8 nitrogen and oxygen atoms in total. The second-order valence-electron chi connectivity index (χ2n) is 6.30. The molecule has 1 saturated heterocycles. The Hall–Kier alpha value is -2.46. The van der Waals surface area contributed by atoms with Gasteiger partial charge in [0.05, 0.1) is 17.5 Å². The van der Waals surface area contributed by atoms with E-state index in [0.29, 0.717) is 11.4 Å². The van der Waals surface area contributed by atoms with Crippen molar-refractivity contribution < 1.29 is 22.3 Å². The van der Waals surface area contributed by atoms with Gasteiger partial charge in [-0.3, -0.25) is 4.72 Å². The fraction of sp³-hybridized carbons (Fsp3) is 0.412. The maximum Gasteiger partial charge on any atom is 0.229 e. The summed E-state index contributed by atoms with van der Waals surface area (Å²) in [4.78, 5) is 8.19. The first-order valence-electron chi connectivity index (χ1n) is 8.46. The molecule has 1 aromatic carbocycles. The van der Waals surface area contributed by atoms with Gasteiger partial charge in [0.25, 0.3) is 0 Å². The van der Waals surface area contributed by atoms with Crippen molar-refractivity contribution in [1.82, 2.24) is 15.3 Å². The standard InChI is InChI=1S/C17H21FN4O4S/c1-11-16(25-13-5-7-19-8-6-13)20-10-21-17(11)26-15-4-3-12(9-14(15)18)22-27(2,23)24/h3-4,9-10,13,19,22H,5-8H2,1-2H3. The third-order valence-corrected chi connectivity index (χ3v) is 4.60. The average Bonchev–Trinajstić information content (AvgIpc) is 2.60. The van der Waals surface area contributed by atoms with Crippen LogP contribution < -0.4 is 19.5 Å². The summed E-state index contributed by atoms with van der Waals surface area (Å²) in [6.45, 7) is 3.51. The van der Waals surface area contributed by atoms with E-state index >= 15 is 0 Å². The molecule has 0 bridgehead atoms. The first kappa shape index (κ1) is 19.3. The molecule has 1 aliphatic rings. The number of nitrogens with one attached hydrogen (secondary N) is 2. The average molecular weight is 396 g/mol. The minimum absolute atomic E-state index is 0.0609. The topological polar surface area (TPSA) is 102 Å². The van der Waals surface area contributed by atoms with Crippen molar-refractivity contribution in [3.05, 3.63) is 35.9 Å². The molecule has 0 atom stereocenters. The summed E-state index contributed by atoms with van der Waals surface area (Å²) in [6.07, 6.45) is 4.11. The Kier molecular flexibility index (Phi) is 5.76. The van der Waals surface area contributed by atoms with Gasteiger partial charge in [0, 0.05) is 6.07 Å². The summed E-state index contributed by atoms with van der Waals surface area (Å²) < 4.78 is 50.4. The molecule has 27 heavy (non-hydrogen) atoms. The number of anilines is 1. The van der Waals surface area contributed by atoms with Crippen LogP contribution in [0.2, 0.25) is 0 Å². The van der Waals surface area contributed by atoms with Crippen molar-refractivity contribution in [3.8, 4) is 17.5 Å². The Morgan fingerprint density at radius 2 is 1.93 bits per heavy atom. The Balaban J connectivity index is 1.76. The van der Waals surface area contributed by atoms with Gasteiger partial charge in [0.2, 0.25) is 21.8 Å². The summed E-state index contributed by atoms with van der Waals surface area (Å²) in [5.74, 6) is -0.217. The maximum atomic E-state index is 14.3. The summed E-state index contributed by atoms with van der Waals surface area (Å²) >= 11 is 0. The van der Waals surface area contributed by atoms with Gasteiger partial charge in [-0.2, -0.15) is 0 Å². The van der Waals surface area contributed by atoms with E-state index in [-0.39, 0.29) is 23.4 Å². The highest BCUT2D eigenvalue weighted by Crippen LogP contribution is 2.31. The molecule has 1 aliphatic heterocycles. The Morgan fingerprint density at radius 3 is 2.59 bits per heavy atom. The first-order valence-corrected chi connectivity index (χ1v) is 10.3. The summed E-state index contributed by atoms with van der Waals surface area (Å²) in [7, 11) is -3.49. The lowest BCUT2D eigenvalue weighted by molar-refractivity contribution is 0.154. The van der Waals surface area contributed by atoms with E-state index in [1.807, 2.05) is 0 Å². The van der Waals surface area contributed by atoms with Gasteiger partial charge >= 0.3 is 0 Å². The highest BCUT2D eigenvalue weighted by Gasteiger charge is 2.19. The lowest BCUT2D eigenvalue weighted by Crippen LogP contribution is -2.34. The minimum Gasteiger partial charge on any atom is -0.474 e. The molecule has 0 amide bonds. The van der Waals surface area contributed by atoms with Crippen molar-refractivity contribution in [2.45, 2.75) is 25.9 Å². The zero-order valence-electron chi connectivity index (χ0n) is 15.0. The Labute approximate surface area is 157 Å². The normalized spacial score (nSPS) is 15.4. The summed E-state index contributed by atoms with van der Waals surface area (Å²) in [5.41, 5.74) is 0.672. The molecule has 2 heterocycles. The molecule has 146 valence electrons. The van der Waals surface area contributed by atoms with Crippen LogP contribution in [0.5, 0.6) is 17.5 Å². The van der Waals surface area contributed by atoms with Crippen LogP contribution in [0, 0.1) is 12.7 Å². The van der Waals surface area contributed by atoms with Crippen LogP contribution >= 0.6 is 0 Å². The van der Waals surface area contributed by atoms with E-state index in [1.165, 1.54) is 18.5 Å². The number of aromatic nitrogens is 2. The van der Waals surface area contributed by atoms with Gasteiger partial charge in [0.1, 0.15) is 12.4 Å². The van der Waals surface area contributed by atoms with E-state index in [4.69, 9.17) is 9.47 Å². The first-order chi connectivity index (χ1) is 12.8.